The predicted octanol–water partition coefficient (Wildman–Crippen LogP) is 3.40. The van der Waals surface area contributed by atoms with Crippen LogP contribution in [-0.2, 0) is 9.53 Å². The summed E-state index contributed by atoms with van der Waals surface area (Å²) >= 11 is 0. The number of carboxylic acid groups (broad SMARTS) is 1. The molecule has 5 heterocycles. The highest BCUT2D eigenvalue weighted by Crippen LogP contribution is 2.36. The van der Waals surface area contributed by atoms with Crippen LogP contribution in [0, 0.1) is 0 Å². The summed E-state index contributed by atoms with van der Waals surface area (Å²) in [4.78, 5) is 28.8. The Hall–Kier alpha value is -3.27. The lowest BCUT2D eigenvalue weighted by atomic mass is 9.89. The third-order valence-electron chi connectivity index (χ3n) is 6.06. The van der Waals surface area contributed by atoms with E-state index in [0.717, 1.165) is 61.2 Å². The SMILES string of the molecule is CC(C)n1cnc2cnc(Nc3ccnc(N4CCC5(CCCO5)CC4)n3)cc21.O=CO. The first-order valence-corrected chi connectivity index (χ1v) is 10.9. The van der Waals surface area contributed by atoms with Crippen LogP contribution < -0.4 is 10.2 Å². The summed E-state index contributed by atoms with van der Waals surface area (Å²) in [6, 6.07) is 4.24. The van der Waals surface area contributed by atoms with Gasteiger partial charge in [0.05, 0.1) is 23.6 Å². The molecule has 3 aromatic heterocycles. The van der Waals surface area contributed by atoms with Crippen molar-refractivity contribution in [2.45, 2.75) is 51.2 Å². The first-order chi connectivity index (χ1) is 15.5. The van der Waals surface area contributed by atoms with Crippen LogP contribution in [0.2, 0.25) is 0 Å². The Balaban J connectivity index is 0.000000775. The second-order valence-electron chi connectivity index (χ2n) is 8.40. The van der Waals surface area contributed by atoms with Crippen molar-refractivity contribution in [3.8, 4) is 0 Å². The van der Waals surface area contributed by atoms with Crippen LogP contribution >= 0.6 is 0 Å². The molecule has 2 N–H and O–H groups in total. The van der Waals surface area contributed by atoms with E-state index >= 15 is 0 Å². The first-order valence-electron chi connectivity index (χ1n) is 10.9. The number of carbonyl (C=O) groups is 1. The van der Waals surface area contributed by atoms with E-state index in [0.29, 0.717) is 6.04 Å². The van der Waals surface area contributed by atoms with Crippen LogP contribution in [0.4, 0.5) is 17.6 Å². The number of aromatic nitrogens is 5. The molecule has 2 aliphatic heterocycles. The lowest BCUT2D eigenvalue weighted by molar-refractivity contribution is -0.122. The molecule has 1 spiro atoms. The number of hydrogen-bond acceptors (Lipinski definition) is 8. The Morgan fingerprint density at radius 2 is 1.97 bits per heavy atom. The molecular weight excluding hydrogens is 410 g/mol. The zero-order valence-electron chi connectivity index (χ0n) is 18.4. The van der Waals surface area contributed by atoms with Gasteiger partial charge in [0.1, 0.15) is 17.2 Å². The van der Waals surface area contributed by atoms with Crippen LogP contribution in [0.5, 0.6) is 0 Å². The number of fused-ring (bicyclic) bond motifs is 1. The van der Waals surface area contributed by atoms with Crippen LogP contribution in [-0.4, -0.2) is 61.4 Å². The third-order valence-corrected chi connectivity index (χ3v) is 6.06. The highest BCUT2D eigenvalue weighted by atomic mass is 16.5. The maximum atomic E-state index is 8.36. The fraction of sp³-hybridized carbons (Fsp3) is 0.500. The van der Waals surface area contributed by atoms with E-state index in [1.165, 1.54) is 12.8 Å². The average Bonchev–Trinajstić information content (AvgIpc) is 3.42. The monoisotopic (exact) mass is 439 g/mol. The molecule has 2 aliphatic rings. The van der Waals surface area contributed by atoms with Crippen molar-refractivity contribution in [2.24, 2.45) is 0 Å². The number of rotatable bonds is 4. The highest BCUT2D eigenvalue weighted by Gasteiger charge is 2.38. The van der Waals surface area contributed by atoms with Gasteiger partial charge >= 0.3 is 0 Å². The van der Waals surface area contributed by atoms with Gasteiger partial charge in [-0.25, -0.2) is 15.0 Å². The van der Waals surface area contributed by atoms with E-state index in [9.17, 15) is 0 Å². The highest BCUT2D eigenvalue weighted by molar-refractivity contribution is 5.78. The van der Waals surface area contributed by atoms with Crippen LogP contribution in [0.3, 0.4) is 0 Å². The maximum Gasteiger partial charge on any atom is 0.290 e. The third kappa shape index (κ3) is 4.64. The zero-order valence-corrected chi connectivity index (χ0v) is 18.4. The Kier molecular flexibility index (Phi) is 6.50. The maximum absolute atomic E-state index is 8.36. The first kappa shape index (κ1) is 21.9. The minimum atomic E-state index is -0.250. The number of pyridine rings is 1. The largest absolute Gasteiger partial charge is 0.483 e. The molecule has 170 valence electrons. The fourth-order valence-corrected chi connectivity index (χ4v) is 4.38. The summed E-state index contributed by atoms with van der Waals surface area (Å²) in [6.07, 6.45) is 9.92. The molecule has 0 unspecified atom stereocenters. The summed E-state index contributed by atoms with van der Waals surface area (Å²) in [6.45, 7) is 6.81. The number of hydrogen-bond donors (Lipinski definition) is 2. The average molecular weight is 440 g/mol. The number of ether oxygens (including phenoxy) is 1. The topological polar surface area (TPSA) is 118 Å². The second kappa shape index (κ2) is 9.47. The minimum Gasteiger partial charge on any atom is -0.483 e. The molecule has 0 radical (unpaired) electrons. The molecule has 3 aromatic rings. The molecule has 0 aromatic carbocycles. The van der Waals surface area contributed by atoms with Gasteiger partial charge in [-0.2, -0.15) is 4.98 Å². The van der Waals surface area contributed by atoms with Gasteiger partial charge in [0, 0.05) is 38.0 Å². The van der Waals surface area contributed by atoms with Crippen molar-refractivity contribution in [2.75, 3.05) is 29.9 Å². The number of imidazole rings is 1. The van der Waals surface area contributed by atoms with Crippen molar-refractivity contribution in [3.63, 3.8) is 0 Å². The molecule has 10 heteroatoms. The van der Waals surface area contributed by atoms with Crippen molar-refractivity contribution >= 4 is 35.1 Å². The van der Waals surface area contributed by atoms with Gasteiger partial charge in [0.25, 0.3) is 6.47 Å². The summed E-state index contributed by atoms with van der Waals surface area (Å²) < 4.78 is 8.17. The molecule has 0 atom stereocenters. The number of anilines is 3. The molecule has 0 aliphatic carbocycles. The van der Waals surface area contributed by atoms with Gasteiger partial charge in [-0.05, 0) is 45.6 Å². The Labute approximate surface area is 186 Å². The van der Waals surface area contributed by atoms with Crippen molar-refractivity contribution < 1.29 is 14.6 Å². The summed E-state index contributed by atoms with van der Waals surface area (Å²) in [5.74, 6) is 2.26. The molecule has 0 saturated carbocycles. The molecule has 2 fully saturated rings. The van der Waals surface area contributed by atoms with Crippen molar-refractivity contribution in [3.05, 3.63) is 30.9 Å². The van der Waals surface area contributed by atoms with Crippen LogP contribution in [0.15, 0.2) is 30.9 Å². The van der Waals surface area contributed by atoms with Gasteiger partial charge in [-0.15, -0.1) is 0 Å². The Morgan fingerprint density at radius 1 is 1.19 bits per heavy atom. The number of nitrogens with one attached hydrogen (secondary N) is 1. The van der Waals surface area contributed by atoms with Crippen LogP contribution in [0.25, 0.3) is 11.0 Å². The molecule has 32 heavy (non-hydrogen) atoms. The zero-order chi connectivity index (χ0) is 22.6. The lowest BCUT2D eigenvalue weighted by Crippen LogP contribution is -2.44. The molecule has 0 bridgehead atoms. The molecule has 5 rings (SSSR count). The second-order valence-corrected chi connectivity index (χ2v) is 8.40. The molecular formula is C22H29N7O3. The lowest BCUT2D eigenvalue weighted by Gasteiger charge is -2.38. The smallest absolute Gasteiger partial charge is 0.290 e. The Morgan fingerprint density at radius 3 is 2.66 bits per heavy atom. The molecule has 0 amide bonds. The van der Waals surface area contributed by atoms with Gasteiger partial charge in [0.15, 0.2) is 0 Å². The minimum absolute atomic E-state index is 0.102. The van der Waals surface area contributed by atoms with E-state index in [1.54, 1.807) is 12.4 Å². The van der Waals surface area contributed by atoms with E-state index in [2.05, 4.69) is 43.6 Å². The molecule has 10 nitrogen and oxygen atoms in total. The van der Waals surface area contributed by atoms with E-state index in [1.807, 2.05) is 18.5 Å². The summed E-state index contributed by atoms with van der Waals surface area (Å²) in [5.41, 5.74) is 2.05. The standard InChI is InChI=1S/C21H27N7O.CH2O2/c1-15(2)28-14-24-16-13-23-19(12-17(16)28)25-18-4-8-22-20(26-18)27-9-6-21(7-10-27)5-3-11-29-21;2-1-3/h4,8,12-15H,3,5-7,9-11H2,1-2H3,(H,22,23,25,26);1H,(H,2,3). The Bertz CT molecular complexity index is 1050. The summed E-state index contributed by atoms with van der Waals surface area (Å²) in [5, 5.41) is 10.2. The summed E-state index contributed by atoms with van der Waals surface area (Å²) in [7, 11) is 0. The fourth-order valence-electron chi connectivity index (χ4n) is 4.38. The van der Waals surface area contributed by atoms with Crippen molar-refractivity contribution in [1.29, 1.82) is 0 Å². The van der Waals surface area contributed by atoms with Gasteiger partial charge in [0.2, 0.25) is 5.95 Å². The molecule has 2 saturated heterocycles. The van der Waals surface area contributed by atoms with E-state index in [4.69, 9.17) is 19.6 Å². The van der Waals surface area contributed by atoms with Crippen molar-refractivity contribution in [1.82, 2.24) is 24.5 Å². The number of piperidine rings is 1. The van der Waals surface area contributed by atoms with Gasteiger partial charge in [-0.3, -0.25) is 4.79 Å². The predicted molar refractivity (Wildman–Crippen MR) is 121 cm³/mol. The quantitative estimate of drug-likeness (QED) is 0.590. The van der Waals surface area contributed by atoms with E-state index < -0.39 is 0 Å². The van der Waals surface area contributed by atoms with Gasteiger partial charge < -0.3 is 24.6 Å². The normalized spacial score (nSPS) is 17.4. The number of nitrogens with zero attached hydrogens (tertiary/aromatic N) is 6. The van der Waals surface area contributed by atoms with Crippen LogP contribution in [0.1, 0.15) is 45.6 Å². The van der Waals surface area contributed by atoms with E-state index in [-0.39, 0.29) is 12.1 Å². The van der Waals surface area contributed by atoms with Gasteiger partial charge in [-0.1, -0.05) is 0 Å².